The molecule has 0 unspecified atom stereocenters. The van der Waals surface area contributed by atoms with E-state index in [0.29, 0.717) is 18.8 Å². The SMILES string of the molecule is CN(Cc1ccccc1Br)[C@@H]1CCCC[C@H]1OCc1ccccc1Br. The third-order valence-corrected chi connectivity index (χ3v) is 6.57. The zero-order valence-corrected chi connectivity index (χ0v) is 17.8. The van der Waals surface area contributed by atoms with E-state index in [-0.39, 0.29) is 0 Å². The van der Waals surface area contributed by atoms with Gasteiger partial charge in [0.15, 0.2) is 0 Å². The van der Waals surface area contributed by atoms with Gasteiger partial charge in [0, 0.05) is 21.5 Å². The number of ether oxygens (including phenoxy) is 1. The van der Waals surface area contributed by atoms with Crippen LogP contribution in [-0.2, 0) is 17.9 Å². The van der Waals surface area contributed by atoms with Gasteiger partial charge in [0.05, 0.1) is 12.7 Å². The van der Waals surface area contributed by atoms with Gasteiger partial charge in [-0.1, -0.05) is 81.1 Å². The minimum atomic E-state index is 0.299. The highest BCUT2D eigenvalue weighted by molar-refractivity contribution is 9.10. The van der Waals surface area contributed by atoms with Crippen LogP contribution < -0.4 is 0 Å². The summed E-state index contributed by atoms with van der Waals surface area (Å²) < 4.78 is 8.68. The van der Waals surface area contributed by atoms with Gasteiger partial charge in [-0.25, -0.2) is 0 Å². The van der Waals surface area contributed by atoms with Gasteiger partial charge in [0.25, 0.3) is 0 Å². The van der Waals surface area contributed by atoms with Crippen molar-refractivity contribution >= 4 is 31.9 Å². The summed E-state index contributed by atoms with van der Waals surface area (Å²) in [5, 5.41) is 0. The van der Waals surface area contributed by atoms with E-state index in [9.17, 15) is 0 Å². The summed E-state index contributed by atoms with van der Waals surface area (Å²) in [5.74, 6) is 0. The molecule has 0 bridgehead atoms. The summed E-state index contributed by atoms with van der Waals surface area (Å²) in [6.07, 6.45) is 5.21. The Morgan fingerprint density at radius 3 is 2.20 bits per heavy atom. The minimum Gasteiger partial charge on any atom is -0.372 e. The third kappa shape index (κ3) is 5.16. The van der Waals surface area contributed by atoms with E-state index in [1.807, 2.05) is 6.07 Å². The molecule has 25 heavy (non-hydrogen) atoms. The number of nitrogens with zero attached hydrogens (tertiary/aromatic N) is 1. The number of benzene rings is 2. The van der Waals surface area contributed by atoms with Crippen molar-refractivity contribution in [3.63, 3.8) is 0 Å². The summed E-state index contributed by atoms with van der Waals surface area (Å²) in [5.41, 5.74) is 2.56. The van der Waals surface area contributed by atoms with Gasteiger partial charge in [0.1, 0.15) is 0 Å². The first kappa shape index (κ1) is 19.1. The smallest absolute Gasteiger partial charge is 0.0734 e. The van der Waals surface area contributed by atoms with Crippen molar-refractivity contribution < 1.29 is 4.74 Å². The third-order valence-electron chi connectivity index (χ3n) is 5.02. The maximum absolute atomic E-state index is 6.37. The monoisotopic (exact) mass is 465 g/mol. The van der Waals surface area contributed by atoms with E-state index in [1.54, 1.807) is 0 Å². The number of halogens is 2. The van der Waals surface area contributed by atoms with Crippen molar-refractivity contribution in [1.29, 1.82) is 0 Å². The molecule has 2 atom stereocenters. The highest BCUT2D eigenvalue weighted by Crippen LogP contribution is 2.28. The summed E-state index contributed by atoms with van der Waals surface area (Å²) >= 11 is 7.29. The van der Waals surface area contributed by atoms with E-state index in [0.717, 1.165) is 17.4 Å². The second kappa shape index (κ2) is 9.31. The molecule has 4 heteroatoms. The number of hydrogen-bond acceptors (Lipinski definition) is 2. The molecule has 0 aromatic heterocycles. The first-order chi connectivity index (χ1) is 12.1. The number of hydrogen-bond donors (Lipinski definition) is 0. The molecule has 1 fully saturated rings. The van der Waals surface area contributed by atoms with E-state index < -0.39 is 0 Å². The molecular formula is C21H25Br2NO. The van der Waals surface area contributed by atoms with E-state index in [1.165, 1.54) is 34.9 Å². The molecule has 2 nitrogen and oxygen atoms in total. The average Bonchev–Trinajstić information content (AvgIpc) is 2.63. The van der Waals surface area contributed by atoms with Crippen molar-refractivity contribution in [2.24, 2.45) is 0 Å². The summed E-state index contributed by atoms with van der Waals surface area (Å²) in [7, 11) is 2.23. The Morgan fingerprint density at radius 1 is 0.920 bits per heavy atom. The molecule has 1 aliphatic carbocycles. The summed E-state index contributed by atoms with van der Waals surface area (Å²) in [4.78, 5) is 2.46. The molecule has 0 spiro atoms. The van der Waals surface area contributed by atoms with Crippen molar-refractivity contribution in [3.8, 4) is 0 Å². The van der Waals surface area contributed by atoms with E-state index in [4.69, 9.17) is 4.74 Å². The predicted molar refractivity (Wildman–Crippen MR) is 111 cm³/mol. The van der Waals surface area contributed by atoms with Crippen LogP contribution in [0.1, 0.15) is 36.8 Å². The van der Waals surface area contributed by atoms with Crippen LogP contribution in [-0.4, -0.2) is 24.1 Å². The van der Waals surface area contributed by atoms with Gasteiger partial charge in [-0.3, -0.25) is 4.90 Å². The van der Waals surface area contributed by atoms with E-state index >= 15 is 0 Å². The summed E-state index contributed by atoms with van der Waals surface area (Å²) in [6, 6.07) is 17.3. The highest BCUT2D eigenvalue weighted by Gasteiger charge is 2.29. The van der Waals surface area contributed by atoms with Crippen molar-refractivity contribution in [3.05, 3.63) is 68.6 Å². The molecule has 134 valence electrons. The highest BCUT2D eigenvalue weighted by atomic mass is 79.9. The van der Waals surface area contributed by atoms with Gasteiger partial charge in [-0.15, -0.1) is 0 Å². The standard InChI is InChI=1S/C21H25Br2NO/c1-24(14-16-8-2-4-10-18(16)22)20-12-6-7-13-21(20)25-15-17-9-3-5-11-19(17)23/h2-5,8-11,20-21H,6-7,12-15H2,1H3/t20-,21-/m1/s1. The molecule has 0 radical (unpaired) electrons. The maximum atomic E-state index is 6.37. The summed E-state index contributed by atoms with van der Waals surface area (Å²) in [6.45, 7) is 1.62. The van der Waals surface area contributed by atoms with Gasteiger partial charge in [-0.05, 0) is 43.1 Å². The fraction of sp³-hybridized carbons (Fsp3) is 0.429. The van der Waals surface area contributed by atoms with Crippen molar-refractivity contribution in [2.45, 2.75) is 51.0 Å². The lowest BCUT2D eigenvalue weighted by atomic mass is 9.91. The Morgan fingerprint density at radius 2 is 1.52 bits per heavy atom. The Hall–Kier alpha value is -0.680. The lowest BCUT2D eigenvalue weighted by molar-refractivity contribution is -0.0404. The van der Waals surface area contributed by atoms with Crippen LogP contribution in [0.25, 0.3) is 0 Å². The van der Waals surface area contributed by atoms with Crippen LogP contribution in [0.15, 0.2) is 57.5 Å². The fourth-order valence-electron chi connectivity index (χ4n) is 3.60. The Labute approximate surface area is 167 Å². The molecule has 3 rings (SSSR count). The Kier molecular flexibility index (Phi) is 7.11. The zero-order chi connectivity index (χ0) is 17.6. The maximum Gasteiger partial charge on any atom is 0.0734 e. The van der Waals surface area contributed by atoms with Crippen LogP contribution in [0, 0.1) is 0 Å². The van der Waals surface area contributed by atoms with Crippen molar-refractivity contribution in [2.75, 3.05) is 7.05 Å². The van der Waals surface area contributed by atoms with Gasteiger partial charge in [0.2, 0.25) is 0 Å². The average molecular weight is 467 g/mol. The molecule has 2 aromatic carbocycles. The lowest BCUT2D eigenvalue weighted by Crippen LogP contribution is -2.44. The van der Waals surface area contributed by atoms with Gasteiger partial charge >= 0.3 is 0 Å². The van der Waals surface area contributed by atoms with Gasteiger partial charge in [-0.2, -0.15) is 0 Å². The minimum absolute atomic E-state index is 0.299. The zero-order valence-electron chi connectivity index (χ0n) is 14.6. The fourth-order valence-corrected chi connectivity index (χ4v) is 4.41. The normalized spacial score (nSPS) is 20.8. The molecule has 1 saturated carbocycles. The topological polar surface area (TPSA) is 12.5 Å². The van der Waals surface area contributed by atoms with E-state index in [2.05, 4.69) is 86.3 Å². The van der Waals surface area contributed by atoms with Crippen LogP contribution in [0.2, 0.25) is 0 Å². The largest absolute Gasteiger partial charge is 0.372 e. The predicted octanol–water partition coefficient (Wildman–Crippen LogP) is 6.17. The lowest BCUT2D eigenvalue weighted by Gasteiger charge is -2.38. The molecule has 2 aromatic rings. The second-order valence-electron chi connectivity index (χ2n) is 6.80. The van der Waals surface area contributed by atoms with Crippen molar-refractivity contribution in [1.82, 2.24) is 4.90 Å². The number of rotatable bonds is 6. The van der Waals surface area contributed by atoms with Crippen LogP contribution >= 0.6 is 31.9 Å². The molecule has 0 aliphatic heterocycles. The van der Waals surface area contributed by atoms with Crippen LogP contribution in [0.4, 0.5) is 0 Å². The molecule has 0 amide bonds. The molecule has 1 aliphatic rings. The molecule has 0 N–H and O–H groups in total. The first-order valence-electron chi connectivity index (χ1n) is 8.94. The molecule has 0 heterocycles. The molecular weight excluding hydrogens is 442 g/mol. The Balaban J connectivity index is 1.64. The first-order valence-corrected chi connectivity index (χ1v) is 10.5. The van der Waals surface area contributed by atoms with Crippen LogP contribution in [0.5, 0.6) is 0 Å². The number of likely N-dealkylation sites (N-methyl/N-ethyl adjacent to an activating group) is 1. The quantitative estimate of drug-likeness (QED) is 0.504. The second-order valence-corrected chi connectivity index (χ2v) is 8.51. The Bertz CT molecular complexity index is 691. The molecule has 0 saturated heterocycles. The van der Waals surface area contributed by atoms with Gasteiger partial charge < -0.3 is 4.74 Å². The van der Waals surface area contributed by atoms with Crippen LogP contribution in [0.3, 0.4) is 0 Å².